The van der Waals surface area contributed by atoms with E-state index in [0.717, 1.165) is 29.8 Å². The Balaban J connectivity index is 1.54. The smallest absolute Gasteiger partial charge is 0.246 e. The van der Waals surface area contributed by atoms with Gasteiger partial charge in [0.15, 0.2) is 0 Å². The summed E-state index contributed by atoms with van der Waals surface area (Å²) in [5.74, 6) is 0.709. The van der Waals surface area contributed by atoms with Gasteiger partial charge in [0.2, 0.25) is 5.91 Å². The molecule has 0 radical (unpaired) electrons. The molecule has 25 heavy (non-hydrogen) atoms. The molecular weight excluding hydrogens is 316 g/mol. The molecule has 2 aromatic rings. The third-order valence-electron chi connectivity index (χ3n) is 4.28. The van der Waals surface area contributed by atoms with Gasteiger partial charge >= 0.3 is 0 Å². The zero-order chi connectivity index (χ0) is 17.5. The molecule has 1 aliphatic rings. The molecule has 1 saturated heterocycles. The van der Waals surface area contributed by atoms with Crippen LogP contribution in [0.3, 0.4) is 0 Å². The topological polar surface area (TPSA) is 62.7 Å². The normalized spacial score (nSPS) is 17.2. The van der Waals surface area contributed by atoms with E-state index in [-0.39, 0.29) is 18.6 Å². The molecule has 2 heterocycles. The third-order valence-corrected chi connectivity index (χ3v) is 4.28. The number of likely N-dealkylation sites (tertiary alicyclic amines) is 1. The minimum absolute atomic E-state index is 0.0297. The molecule has 0 bridgehead atoms. The molecule has 0 spiro atoms. The summed E-state index contributed by atoms with van der Waals surface area (Å²) in [4.78, 5) is 18.2. The molecule has 5 nitrogen and oxygen atoms in total. The fourth-order valence-electron chi connectivity index (χ4n) is 2.89. The van der Waals surface area contributed by atoms with Crippen LogP contribution in [0.2, 0.25) is 0 Å². The number of hydrogen-bond acceptors (Lipinski definition) is 4. The number of pyridine rings is 1. The predicted octanol–water partition coefficient (Wildman–Crippen LogP) is 2.66. The summed E-state index contributed by atoms with van der Waals surface area (Å²) in [7, 11) is 0. The van der Waals surface area contributed by atoms with Crippen LogP contribution in [0, 0.1) is 0 Å². The number of rotatable bonds is 6. The average molecular weight is 338 g/mol. The van der Waals surface area contributed by atoms with E-state index in [1.54, 1.807) is 23.2 Å². The lowest BCUT2D eigenvalue weighted by Crippen LogP contribution is -2.36. The number of aliphatic hydroxyl groups is 1. The number of carbonyl (C=O) groups excluding carboxylic acids is 1. The third kappa shape index (κ3) is 4.67. The van der Waals surface area contributed by atoms with Crippen LogP contribution in [-0.2, 0) is 11.4 Å². The minimum atomic E-state index is -0.0490. The van der Waals surface area contributed by atoms with Crippen molar-refractivity contribution in [1.82, 2.24) is 9.88 Å². The van der Waals surface area contributed by atoms with E-state index >= 15 is 0 Å². The quantitative estimate of drug-likeness (QED) is 0.823. The SMILES string of the molecule is O=C(/C=C/c1ccc(OCc2ccccn2)cc1)N1CCC[C@@H]1CO. The molecule has 3 rings (SSSR count). The second kappa shape index (κ2) is 8.44. The van der Waals surface area contributed by atoms with Gasteiger partial charge in [-0.15, -0.1) is 0 Å². The summed E-state index contributed by atoms with van der Waals surface area (Å²) in [6, 6.07) is 13.2. The Labute approximate surface area is 147 Å². The first-order valence-electron chi connectivity index (χ1n) is 8.48. The first-order valence-corrected chi connectivity index (χ1v) is 8.48. The zero-order valence-corrected chi connectivity index (χ0v) is 14.0. The molecule has 0 unspecified atom stereocenters. The summed E-state index contributed by atoms with van der Waals surface area (Å²) in [6.45, 7) is 1.17. The molecule has 1 aromatic heterocycles. The molecule has 0 saturated carbocycles. The largest absolute Gasteiger partial charge is 0.487 e. The van der Waals surface area contributed by atoms with Gasteiger partial charge in [-0.2, -0.15) is 0 Å². The second-order valence-corrected chi connectivity index (χ2v) is 6.02. The first-order chi connectivity index (χ1) is 12.3. The van der Waals surface area contributed by atoms with Crippen molar-refractivity contribution >= 4 is 12.0 Å². The summed E-state index contributed by atoms with van der Waals surface area (Å²) < 4.78 is 5.69. The summed E-state index contributed by atoms with van der Waals surface area (Å²) in [5, 5.41) is 9.30. The van der Waals surface area contributed by atoms with Crippen LogP contribution in [0.15, 0.2) is 54.7 Å². The lowest BCUT2D eigenvalue weighted by Gasteiger charge is -2.21. The Bertz CT molecular complexity index is 713. The summed E-state index contributed by atoms with van der Waals surface area (Å²) in [5.41, 5.74) is 1.81. The number of hydrogen-bond donors (Lipinski definition) is 1. The molecule has 1 amide bonds. The highest BCUT2D eigenvalue weighted by molar-refractivity contribution is 5.92. The van der Waals surface area contributed by atoms with Crippen molar-refractivity contribution < 1.29 is 14.6 Å². The van der Waals surface area contributed by atoms with Crippen LogP contribution in [0.4, 0.5) is 0 Å². The molecule has 0 aliphatic carbocycles. The van der Waals surface area contributed by atoms with Crippen molar-refractivity contribution in [3.05, 3.63) is 66.0 Å². The monoisotopic (exact) mass is 338 g/mol. The number of benzene rings is 1. The van der Waals surface area contributed by atoms with E-state index in [2.05, 4.69) is 4.98 Å². The summed E-state index contributed by atoms with van der Waals surface area (Å²) in [6.07, 6.45) is 6.92. The molecule has 1 atom stereocenters. The highest BCUT2D eigenvalue weighted by atomic mass is 16.5. The van der Waals surface area contributed by atoms with Gasteiger partial charge < -0.3 is 14.7 Å². The molecule has 1 fully saturated rings. The van der Waals surface area contributed by atoms with E-state index in [0.29, 0.717) is 13.2 Å². The standard InChI is InChI=1S/C20H22N2O3/c23-14-18-5-3-13-22(18)20(24)11-8-16-6-9-19(10-7-16)25-15-17-4-1-2-12-21-17/h1-2,4,6-12,18,23H,3,5,13-15H2/b11-8+/t18-/m1/s1. The fraction of sp³-hybridized carbons (Fsp3) is 0.300. The van der Waals surface area contributed by atoms with Crippen molar-refractivity contribution in [3.8, 4) is 5.75 Å². The molecule has 1 aliphatic heterocycles. The van der Waals surface area contributed by atoms with Crippen LogP contribution in [-0.4, -0.2) is 40.1 Å². The first kappa shape index (κ1) is 17.2. The van der Waals surface area contributed by atoms with Crippen LogP contribution < -0.4 is 4.74 Å². The molecule has 1 aromatic carbocycles. The van der Waals surface area contributed by atoms with E-state index in [1.165, 1.54) is 0 Å². The van der Waals surface area contributed by atoms with Gasteiger partial charge in [0.05, 0.1) is 18.3 Å². The Kier molecular flexibility index (Phi) is 5.80. The van der Waals surface area contributed by atoms with Crippen molar-refractivity contribution in [2.75, 3.05) is 13.2 Å². The Morgan fingerprint density at radius 1 is 1.28 bits per heavy atom. The minimum Gasteiger partial charge on any atom is -0.487 e. The Hall–Kier alpha value is -2.66. The van der Waals surface area contributed by atoms with Gasteiger partial charge in [-0.3, -0.25) is 9.78 Å². The fourth-order valence-corrected chi connectivity index (χ4v) is 2.89. The van der Waals surface area contributed by atoms with Gasteiger partial charge in [0, 0.05) is 18.8 Å². The van der Waals surface area contributed by atoms with E-state index in [4.69, 9.17) is 4.74 Å². The summed E-state index contributed by atoms with van der Waals surface area (Å²) >= 11 is 0. The van der Waals surface area contributed by atoms with Crippen LogP contribution in [0.1, 0.15) is 24.1 Å². The number of aliphatic hydroxyl groups excluding tert-OH is 1. The lowest BCUT2D eigenvalue weighted by atomic mass is 10.2. The van der Waals surface area contributed by atoms with Gasteiger partial charge in [-0.25, -0.2) is 0 Å². The average Bonchev–Trinajstić information content (AvgIpc) is 3.15. The maximum absolute atomic E-state index is 12.2. The van der Waals surface area contributed by atoms with Crippen molar-refractivity contribution in [3.63, 3.8) is 0 Å². The van der Waals surface area contributed by atoms with E-state index < -0.39 is 0 Å². The van der Waals surface area contributed by atoms with Gasteiger partial charge in [0.1, 0.15) is 12.4 Å². The maximum Gasteiger partial charge on any atom is 0.246 e. The van der Waals surface area contributed by atoms with Crippen LogP contribution in [0.25, 0.3) is 6.08 Å². The molecule has 5 heteroatoms. The Morgan fingerprint density at radius 3 is 2.84 bits per heavy atom. The Morgan fingerprint density at radius 2 is 2.12 bits per heavy atom. The number of ether oxygens (including phenoxy) is 1. The molecule has 130 valence electrons. The number of carbonyl (C=O) groups is 1. The van der Waals surface area contributed by atoms with Crippen LogP contribution >= 0.6 is 0 Å². The highest BCUT2D eigenvalue weighted by Gasteiger charge is 2.26. The number of nitrogens with zero attached hydrogens (tertiary/aromatic N) is 2. The molecule has 1 N–H and O–H groups in total. The predicted molar refractivity (Wildman–Crippen MR) is 95.9 cm³/mol. The van der Waals surface area contributed by atoms with Gasteiger partial charge in [-0.1, -0.05) is 18.2 Å². The second-order valence-electron chi connectivity index (χ2n) is 6.02. The lowest BCUT2D eigenvalue weighted by molar-refractivity contribution is -0.127. The number of aromatic nitrogens is 1. The van der Waals surface area contributed by atoms with Crippen molar-refractivity contribution in [2.45, 2.75) is 25.5 Å². The molecular formula is C20H22N2O3. The highest BCUT2D eigenvalue weighted by Crippen LogP contribution is 2.18. The zero-order valence-electron chi connectivity index (χ0n) is 14.0. The van der Waals surface area contributed by atoms with Gasteiger partial charge in [0.25, 0.3) is 0 Å². The van der Waals surface area contributed by atoms with E-state index in [9.17, 15) is 9.90 Å². The van der Waals surface area contributed by atoms with E-state index in [1.807, 2.05) is 42.5 Å². The van der Waals surface area contributed by atoms with Gasteiger partial charge in [-0.05, 0) is 48.7 Å². The van der Waals surface area contributed by atoms with Crippen molar-refractivity contribution in [1.29, 1.82) is 0 Å². The number of amides is 1. The van der Waals surface area contributed by atoms with Crippen molar-refractivity contribution in [2.24, 2.45) is 0 Å². The van der Waals surface area contributed by atoms with Crippen LogP contribution in [0.5, 0.6) is 5.75 Å². The maximum atomic E-state index is 12.2.